The van der Waals surface area contributed by atoms with Gasteiger partial charge in [0.25, 0.3) is 5.91 Å². The van der Waals surface area contributed by atoms with E-state index in [4.69, 9.17) is 14.5 Å². The van der Waals surface area contributed by atoms with Gasteiger partial charge in [-0.2, -0.15) is 0 Å². The summed E-state index contributed by atoms with van der Waals surface area (Å²) in [5.74, 6) is 1.86. The number of methoxy groups -OCH3 is 1. The number of benzene rings is 4. The molecule has 5 aromatic rings. The van der Waals surface area contributed by atoms with E-state index in [0.29, 0.717) is 34.5 Å². The first kappa shape index (κ1) is 22.6. The van der Waals surface area contributed by atoms with Gasteiger partial charge in [-0.25, -0.2) is 4.98 Å². The normalized spacial score (nSPS) is 10.8. The van der Waals surface area contributed by atoms with Crippen molar-refractivity contribution in [2.24, 2.45) is 0 Å². The zero-order valence-electron chi connectivity index (χ0n) is 19.5. The van der Waals surface area contributed by atoms with Crippen molar-refractivity contribution in [3.8, 4) is 17.2 Å². The molecule has 0 saturated heterocycles. The molecule has 1 amide bonds. The molecular formula is C29H24N2O3S. The van der Waals surface area contributed by atoms with Crippen LogP contribution in [-0.2, 0) is 6.54 Å². The fraction of sp³-hybridized carbons (Fsp3) is 0.103. The minimum Gasteiger partial charge on any atom is -0.494 e. The van der Waals surface area contributed by atoms with Crippen LogP contribution in [0.1, 0.15) is 21.5 Å². The third kappa shape index (κ3) is 4.88. The molecule has 0 N–H and O–H groups in total. The summed E-state index contributed by atoms with van der Waals surface area (Å²) in [4.78, 5) is 20.4. The Morgan fingerprint density at radius 1 is 0.886 bits per heavy atom. The summed E-state index contributed by atoms with van der Waals surface area (Å²) in [5.41, 5.74) is 3.40. The minimum atomic E-state index is -0.150. The third-order valence-electron chi connectivity index (χ3n) is 5.63. The van der Waals surface area contributed by atoms with Crippen molar-refractivity contribution >= 4 is 32.6 Å². The summed E-state index contributed by atoms with van der Waals surface area (Å²) >= 11 is 1.49. The van der Waals surface area contributed by atoms with Crippen LogP contribution < -0.4 is 14.4 Å². The topological polar surface area (TPSA) is 51.7 Å². The van der Waals surface area contributed by atoms with E-state index >= 15 is 0 Å². The number of thiazole rings is 1. The molecule has 0 bridgehead atoms. The predicted molar refractivity (Wildman–Crippen MR) is 141 cm³/mol. The molecule has 5 nitrogen and oxygen atoms in total. The number of hydrogen-bond donors (Lipinski definition) is 0. The number of nitrogens with zero attached hydrogens (tertiary/aromatic N) is 2. The fourth-order valence-corrected chi connectivity index (χ4v) is 4.89. The predicted octanol–water partition coefficient (Wildman–Crippen LogP) is 7.25. The lowest BCUT2D eigenvalue weighted by Crippen LogP contribution is -2.30. The molecule has 0 aliphatic rings. The number of hydrogen-bond acceptors (Lipinski definition) is 5. The van der Waals surface area contributed by atoms with E-state index in [9.17, 15) is 4.79 Å². The van der Waals surface area contributed by atoms with E-state index < -0.39 is 0 Å². The molecule has 6 heteroatoms. The number of anilines is 1. The zero-order valence-corrected chi connectivity index (χ0v) is 20.3. The number of fused-ring (bicyclic) bond motifs is 1. The number of amides is 1. The van der Waals surface area contributed by atoms with Gasteiger partial charge in [-0.15, -0.1) is 0 Å². The van der Waals surface area contributed by atoms with Crippen molar-refractivity contribution in [2.75, 3.05) is 12.0 Å². The maximum absolute atomic E-state index is 13.9. The van der Waals surface area contributed by atoms with Crippen molar-refractivity contribution in [1.29, 1.82) is 0 Å². The van der Waals surface area contributed by atoms with Gasteiger partial charge in [0.2, 0.25) is 0 Å². The van der Waals surface area contributed by atoms with Crippen molar-refractivity contribution in [2.45, 2.75) is 13.5 Å². The highest BCUT2D eigenvalue weighted by molar-refractivity contribution is 7.22. The number of para-hydroxylation sites is 1. The first-order chi connectivity index (χ1) is 17.1. The zero-order chi connectivity index (χ0) is 24.2. The molecule has 0 aliphatic carbocycles. The van der Waals surface area contributed by atoms with Crippen molar-refractivity contribution in [3.63, 3.8) is 0 Å². The Kier molecular flexibility index (Phi) is 6.46. The second kappa shape index (κ2) is 9.99. The van der Waals surface area contributed by atoms with Gasteiger partial charge in [-0.1, -0.05) is 72.0 Å². The summed E-state index contributed by atoms with van der Waals surface area (Å²) < 4.78 is 12.5. The fourth-order valence-electron chi connectivity index (χ4n) is 3.84. The molecule has 0 aliphatic heterocycles. The van der Waals surface area contributed by atoms with Crippen molar-refractivity contribution < 1.29 is 14.3 Å². The Labute approximate surface area is 208 Å². The second-order valence-corrected chi connectivity index (χ2v) is 9.06. The summed E-state index contributed by atoms with van der Waals surface area (Å²) in [5, 5.41) is 0.621. The summed E-state index contributed by atoms with van der Waals surface area (Å²) in [6, 6.07) is 30.6. The van der Waals surface area contributed by atoms with Gasteiger partial charge >= 0.3 is 0 Å². The van der Waals surface area contributed by atoms with Crippen LogP contribution in [0.5, 0.6) is 17.2 Å². The quantitative estimate of drug-likeness (QED) is 0.246. The van der Waals surface area contributed by atoms with Crippen molar-refractivity contribution in [1.82, 2.24) is 4.98 Å². The molecule has 35 heavy (non-hydrogen) atoms. The van der Waals surface area contributed by atoms with Gasteiger partial charge < -0.3 is 9.47 Å². The standard InChI is InChI=1S/C29H24N2O3S/c1-20-16-17-25(33-2)26-27(20)35-29(30-26)31(19-21-10-5-3-6-11-21)28(32)22-12-9-15-24(18-22)34-23-13-7-4-8-14-23/h3-18H,19H2,1-2H3. The number of aromatic nitrogens is 1. The van der Waals surface area contributed by atoms with Gasteiger partial charge in [0.1, 0.15) is 22.8 Å². The monoisotopic (exact) mass is 480 g/mol. The molecule has 4 aromatic carbocycles. The van der Waals surface area contributed by atoms with E-state index in [1.165, 1.54) is 11.3 Å². The summed E-state index contributed by atoms with van der Waals surface area (Å²) in [6.45, 7) is 2.43. The first-order valence-corrected chi connectivity index (χ1v) is 12.1. The second-order valence-electron chi connectivity index (χ2n) is 8.08. The Hall–Kier alpha value is -4.16. The average Bonchev–Trinajstić information content (AvgIpc) is 3.35. The van der Waals surface area contributed by atoms with E-state index in [2.05, 4.69) is 0 Å². The van der Waals surface area contributed by atoms with Crippen LogP contribution in [0.3, 0.4) is 0 Å². The number of rotatable bonds is 7. The Morgan fingerprint density at radius 2 is 1.60 bits per heavy atom. The number of ether oxygens (including phenoxy) is 2. The van der Waals surface area contributed by atoms with Crippen molar-refractivity contribution in [3.05, 3.63) is 114 Å². The third-order valence-corrected chi connectivity index (χ3v) is 6.85. The van der Waals surface area contributed by atoms with Gasteiger partial charge in [0.05, 0.1) is 18.4 Å². The van der Waals surface area contributed by atoms with Crippen LogP contribution in [0.15, 0.2) is 97.1 Å². The van der Waals surface area contributed by atoms with Crippen LogP contribution in [0.25, 0.3) is 10.2 Å². The molecule has 0 atom stereocenters. The van der Waals surface area contributed by atoms with E-state index in [-0.39, 0.29) is 5.91 Å². The maximum atomic E-state index is 13.9. The molecule has 5 rings (SSSR count). The van der Waals surface area contributed by atoms with Crippen LogP contribution in [0.2, 0.25) is 0 Å². The lowest BCUT2D eigenvalue weighted by atomic mass is 10.1. The lowest BCUT2D eigenvalue weighted by Gasteiger charge is -2.20. The highest BCUT2D eigenvalue weighted by Gasteiger charge is 2.23. The molecule has 1 heterocycles. The largest absolute Gasteiger partial charge is 0.494 e. The molecule has 0 saturated carbocycles. The molecule has 0 radical (unpaired) electrons. The summed E-state index contributed by atoms with van der Waals surface area (Å²) in [6.07, 6.45) is 0. The Balaban J connectivity index is 1.54. The summed E-state index contributed by atoms with van der Waals surface area (Å²) in [7, 11) is 1.63. The Morgan fingerprint density at radius 3 is 2.34 bits per heavy atom. The highest BCUT2D eigenvalue weighted by atomic mass is 32.1. The van der Waals surface area contributed by atoms with Gasteiger partial charge in [0, 0.05) is 5.56 Å². The number of carbonyl (C=O) groups excluding carboxylic acids is 1. The van der Waals surface area contributed by atoms with Crippen LogP contribution in [-0.4, -0.2) is 18.0 Å². The molecule has 1 aromatic heterocycles. The molecule has 0 fully saturated rings. The van der Waals surface area contributed by atoms with E-state index in [1.54, 1.807) is 24.1 Å². The van der Waals surface area contributed by atoms with Crippen LogP contribution in [0.4, 0.5) is 5.13 Å². The number of carbonyl (C=O) groups is 1. The average molecular weight is 481 g/mol. The molecule has 0 spiro atoms. The van der Waals surface area contributed by atoms with Gasteiger partial charge in [-0.3, -0.25) is 9.69 Å². The van der Waals surface area contributed by atoms with E-state index in [1.807, 2.05) is 91.9 Å². The minimum absolute atomic E-state index is 0.150. The van der Waals surface area contributed by atoms with Gasteiger partial charge in [0.15, 0.2) is 5.13 Å². The molecule has 174 valence electrons. The Bertz CT molecular complexity index is 1470. The lowest BCUT2D eigenvalue weighted by molar-refractivity contribution is 0.0985. The molecular weight excluding hydrogens is 456 g/mol. The van der Waals surface area contributed by atoms with Gasteiger partial charge in [-0.05, 0) is 54.4 Å². The smallest absolute Gasteiger partial charge is 0.260 e. The van der Waals surface area contributed by atoms with E-state index in [0.717, 1.165) is 21.3 Å². The molecule has 0 unspecified atom stereocenters. The number of aryl methyl sites for hydroxylation is 1. The van der Waals surface area contributed by atoms with Crippen LogP contribution >= 0.6 is 11.3 Å². The first-order valence-electron chi connectivity index (χ1n) is 11.3. The highest BCUT2D eigenvalue weighted by Crippen LogP contribution is 2.37. The SMILES string of the molecule is COc1ccc(C)c2sc(N(Cc3ccccc3)C(=O)c3cccc(Oc4ccccc4)c3)nc12. The van der Waals surface area contributed by atoms with Crippen LogP contribution in [0, 0.1) is 6.92 Å². The maximum Gasteiger partial charge on any atom is 0.260 e.